The summed E-state index contributed by atoms with van der Waals surface area (Å²) in [5.41, 5.74) is 6.95. The quantitative estimate of drug-likeness (QED) is 0.863. The Morgan fingerprint density at radius 2 is 2.44 bits per heavy atom. The molecule has 1 saturated heterocycles. The minimum absolute atomic E-state index is 0.0207. The molecule has 0 bridgehead atoms. The number of halogens is 1. The van der Waals surface area contributed by atoms with Gasteiger partial charge in [-0.05, 0) is 49.8 Å². The van der Waals surface area contributed by atoms with Crippen molar-refractivity contribution in [2.75, 3.05) is 6.61 Å². The van der Waals surface area contributed by atoms with Crippen molar-refractivity contribution >= 4 is 11.6 Å². The molecule has 4 heteroatoms. The van der Waals surface area contributed by atoms with Crippen LogP contribution in [-0.4, -0.2) is 12.7 Å². The van der Waals surface area contributed by atoms with E-state index in [1.54, 1.807) is 6.26 Å². The topological polar surface area (TPSA) is 48.4 Å². The Labute approximate surface area is 101 Å². The van der Waals surface area contributed by atoms with Crippen LogP contribution in [0.25, 0.3) is 0 Å². The van der Waals surface area contributed by atoms with Gasteiger partial charge in [0.15, 0.2) is 5.22 Å². The van der Waals surface area contributed by atoms with Gasteiger partial charge in [0, 0.05) is 18.2 Å². The molecular weight excluding hydrogens is 226 g/mol. The number of rotatable bonds is 5. The fourth-order valence-corrected chi connectivity index (χ4v) is 2.42. The van der Waals surface area contributed by atoms with Crippen LogP contribution in [0.5, 0.6) is 0 Å². The number of ether oxygens (including phenoxy) is 1. The van der Waals surface area contributed by atoms with E-state index in [9.17, 15) is 0 Å². The standard InChI is InChI=1S/C12H18ClNO2/c13-12-10(6-8-16-12)11(14)5-1-3-9-4-2-7-15-9/h6,8-9,11H,1-5,7,14H2. The fourth-order valence-electron chi connectivity index (χ4n) is 2.16. The molecule has 2 rings (SSSR count). The monoisotopic (exact) mass is 243 g/mol. The highest BCUT2D eigenvalue weighted by molar-refractivity contribution is 6.29. The Balaban J connectivity index is 1.71. The zero-order chi connectivity index (χ0) is 11.4. The highest BCUT2D eigenvalue weighted by Crippen LogP contribution is 2.27. The van der Waals surface area contributed by atoms with Gasteiger partial charge < -0.3 is 14.9 Å². The molecule has 90 valence electrons. The lowest BCUT2D eigenvalue weighted by atomic mass is 10.0. The Morgan fingerprint density at radius 3 is 3.06 bits per heavy atom. The molecule has 0 saturated carbocycles. The van der Waals surface area contributed by atoms with E-state index in [-0.39, 0.29) is 6.04 Å². The van der Waals surface area contributed by atoms with Crippen molar-refractivity contribution < 1.29 is 9.15 Å². The number of hydrogen-bond donors (Lipinski definition) is 1. The molecule has 0 aromatic carbocycles. The van der Waals surface area contributed by atoms with Crippen LogP contribution in [0.4, 0.5) is 0 Å². The summed E-state index contributed by atoms with van der Waals surface area (Å²) in [6.07, 6.45) is 7.53. The summed E-state index contributed by atoms with van der Waals surface area (Å²) >= 11 is 5.87. The maximum Gasteiger partial charge on any atom is 0.197 e. The molecule has 1 fully saturated rings. The Kier molecular flexibility index (Phi) is 4.27. The molecule has 2 heterocycles. The average molecular weight is 244 g/mol. The molecule has 0 aliphatic carbocycles. The maximum absolute atomic E-state index is 6.04. The SMILES string of the molecule is NC(CCCC1CCCO1)c1ccoc1Cl. The second kappa shape index (κ2) is 5.71. The van der Waals surface area contributed by atoms with Crippen LogP contribution in [0.1, 0.15) is 43.7 Å². The van der Waals surface area contributed by atoms with Crippen molar-refractivity contribution in [2.45, 2.75) is 44.2 Å². The van der Waals surface area contributed by atoms with Gasteiger partial charge in [-0.25, -0.2) is 0 Å². The van der Waals surface area contributed by atoms with E-state index in [4.69, 9.17) is 26.5 Å². The van der Waals surface area contributed by atoms with Crippen molar-refractivity contribution in [3.8, 4) is 0 Å². The number of nitrogens with two attached hydrogens (primary N) is 1. The first kappa shape index (κ1) is 12.0. The zero-order valence-corrected chi connectivity index (χ0v) is 10.1. The normalized spacial score (nSPS) is 22.5. The van der Waals surface area contributed by atoms with Crippen molar-refractivity contribution in [1.82, 2.24) is 0 Å². The van der Waals surface area contributed by atoms with Gasteiger partial charge in [-0.2, -0.15) is 0 Å². The van der Waals surface area contributed by atoms with Crippen LogP contribution in [0.3, 0.4) is 0 Å². The van der Waals surface area contributed by atoms with Gasteiger partial charge >= 0.3 is 0 Å². The summed E-state index contributed by atoms with van der Waals surface area (Å²) in [5, 5.41) is 0.421. The zero-order valence-electron chi connectivity index (χ0n) is 9.32. The summed E-state index contributed by atoms with van der Waals surface area (Å²) in [6.45, 7) is 0.921. The van der Waals surface area contributed by atoms with E-state index in [0.29, 0.717) is 11.3 Å². The van der Waals surface area contributed by atoms with E-state index in [2.05, 4.69) is 0 Å². The molecule has 0 radical (unpaired) electrons. The molecule has 0 spiro atoms. The third-order valence-corrected chi connectivity index (χ3v) is 3.42. The van der Waals surface area contributed by atoms with Gasteiger partial charge in [-0.15, -0.1) is 0 Å². The Bertz CT molecular complexity index is 321. The lowest BCUT2D eigenvalue weighted by Crippen LogP contribution is -2.11. The largest absolute Gasteiger partial charge is 0.453 e. The smallest absolute Gasteiger partial charge is 0.197 e. The lowest BCUT2D eigenvalue weighted by Gasteiger charge is -2.12. The predicted molar refractivity (Wildman–Crippen MR) is 63.5 cm³/mol. The number of hydrogen-bond acceptors (Lipinski definition) is 3. The minimum atomic E-state index is -0.0207. The van der Waals surface area contributed by atoms with E-state index < -0.39 is 0 Å². The molecule has 1 aromatic heterocycles. The van der Waals surface area contributed by atoms with Crippen molar-refractivity contribution in [1.29, 1.82) is 0 Å². The summed E-state index contributed by atoms with van der Waals surface area (Å²) in [5.74, 6) is 0. The predicted octanol–water partition coefficient (Wildman–Crippen LogP) is 3.28. The van der Waals surface area contributed by atoms with E-state index in [1.165, 1.54) is 12.8 Å². The van der Waals surface area contributed by atoms with Gasteiger partial charge in [-0.1, -0.05) is 0 Å². The highest BCUT2D eigenvalue weighted by atomic mass is 35.5. The van der Waals surface area contributed by atoms with Crippen molar-refractivity contribution in [2.24, 2.45) is 5.73 Å². The Hall–Kier alpha value is -0.510. The highest BCUT2D eigenvalue weighted by Gasteiger charge is 2.17. The third kappa shape index (κ3) is 3.00. The second-order valence-electron chi connectivity index (χ2n) is 4.32. The summed E-state index contributed by atoms with van der Waals surface area (Å²) in [6, 6.07) is 1.83. The average Bonchev–Trinajstić information content (AvgIpc) is 2.88. The lowest BCUT2D eigenvalue weighted by molar-refractivity contribution is 0.101. The van der Waals surface area contributed by atoms with E-state index >= 15 is 0 Å². The van der Waals surface area contributed by atoms with Crippen LogP contribution in [0.2, 0.25) is 5.22 Å². The summed E-state index contributed by atoms with van der Waals surface area (Å²) in [7, 11) is 0. The molecule has 1 aliphatic heterocycles. The molecular formula is C12H18ClNO2. The van der Waals surface area contributed by atoms with Crippen LogP contribution >= 0.6 is 11.6 Å². The van der Waals surface area contributed by atoms with Crippen molar-refractivity contribution in [3.05, 3.63) is 23.1 Å². The fraction of sp³-hybridized carbons (Fsp3) is 0.667. The molecule has 1 aliphatic rings. The molecule has 2 atom stereocenters. The van der Waals surface area contributed by atoms with Gasteiger partial charge in [0.05, 0.1) is 12.4 Å². The van der Waals surface area contributed by atoms with E-state index in [1.807, 2.05) is 6.07 Å². The summed E-state index contributed by atoms with van der Waals surface area (Å²) in [4.78, 5) is 0. The molecule has 3 nitrogen and oxygen atoms in total. The van der Waals surface area contributed by atoms with Crippen LogP contribution in [0.15, 0.2) is 16.7 Å². The Morgan fingerprint density at radius 1 is 1.56 bits per heavy atom. The first-order chi connectivity index (χ1) is 7.77. The minimum Gasteiger partial charge on any atom is -0.453 e. The molecule has 2 N–H and O–H groups in total. The summed E-state index contributed by atoms with van der Waals surface area (Å²) < 4.78 is 10.6. The first-order valence-electron chi connectivity index (χ1n) is 5.87. The van der Waals surface area contributed by atoms with Crippen LogP contribution in [0, 0.1) is 0 Å². The van der Waals surface area contributed by atoms with Gasteiger partial charge in [0.2, 0.25) is 0 Å². The van der Waals surface area contributed by atoms with Gasteiger partial charge in [0.25, 0.3) is 0 Å². The number of furan rings is 1. The van der Waals surface area contributed by atoms with Gasteiger partial charge in [0.1, 0.15) is 0 Å². The van der Waals surface area contributed by atoms with Gasteiger partial charge in [-0.3, -0.25) is 0 Å². The van der Waals surface area contributed by atoms with E-state index in [0.717, 1.165) is 31.4 Å². The second-order valence-corrected chi connectivity index (χ2v) is 4.67. The molecule has 16 heavy (non-hydrogen) atoms. The van der Waals surface area contributed by atoms with Crippen LogP contribution < -0.4 is 5.73 Å². The maximum atomic E-state index is 6.04. The van der Waals surface area contributed by atoms with Crippen molar-refractivity contribution in [3.63, 3.8) is 0 Å². The first-order valence-corrected chi connectivity index (χ1v) is 6.25. The molecule has 2 unspecified atom stereocenters. The molecule has 0 amide bonds. The van der Waals surface area contributed by atoms with Crippen LogP contribution in [-0.2, 0) is 4.74 Å². The molecule has 1 aromatic rings. The third-order valence-electron chi connectivity index (χ3n) is 3.11.